The van der Waals surface area contributed by atoms with E-state index in [0.717, 1.165) is 16.0 Å². The Kier molecular flexibility index (Phi) is 20.7. The Labute approximate surface area is 351 Å². The van der Waals surface area contributed by atoms with Crippen LogP contribution in [0.2, 0.25) is 0 Å². The molecule has 0 aromatic heterocycles. The van der Waals surface area contributed by atoms with Crippen molar-refractivity contribution in [3.05, 3.63) is 71.5 Å². The highest BCUT2D eigenvalue weighted by Crippen LogP contribution is 2.19. The molecule has 0 aliphatic carbocycles. The van der Waals surface area contributed by atoms with E-state index in [-0.39, 0.29) is 43.1 Å². The normalized spacial score (nSPS) is 24.9. The van der Waals surface area contributed by atoms with Gasteiger partial charge in [0.15, 0.2) is 5.96 Å². The number of hydrogen-bond donors (Lipinski definition) is 8. The molecule has 8 atom stereocenters. The fourth-order valence-corrected chi connectivity index (χ4v) is 6.55. The maximum absolute atomic E-state index is 14.1. The van der Waals surface area contributed by atoms with E-state index in [4.69, 9.17) is 16.2 Å². The number of carboxylic acid groups (broad SMARTS) is 2. The van der Waals surface area contributed by atoms with Gasteiger partial charge in [-0.15, -0.1) is 0 Å². The summed E-state index contributed by atoms with van der Waals surface area (Å²) in [5.41, 5.74) is 12.5. The molecule has 2 rings (SSSR count). The highest BCUT2D eigenvalue weighted by Gasteiger charge is 2.36. The molecule has 10 N–H and O–H groups in total. The average molecular weight is 839 g/mol. The van der Waals surface area contributed by atoms with Gasteiger partial charge in [-0.1, -0.05) is 81.0 Å². The number of amides is 5. The number of unbranched alkanes of at least 4 members (excludes halogenated alkanes) is 1. The number of benzene rings is 1. The molecule has 5 amide bonds. The van der Waals surface area contributed by atoms with Crippen molar-refractivity contribution in [2.75, 3.05) is 20.7 Å². The smallest absolute Gasteiger partial charge is 0.327 e. The molecule has 1 aromatic rings. The van der Waals surface area contributed by atoms with Crippen LogP contribution in [0.15, 0.2) is 70.9 Å². The maximum atomic E-state index is 14.1. The van der Waals surface area contributed by atoms with Gasteiger partial charge in [0.2, 0.25) is 23.6 Å². The molecule has 1 aromatic carbocycles. The lowest BCUT2D eigenvalue weighted by atomic mass is 9.94. The largest absolute Gasteiger partial charge is 0.480 e. The zero-order valence-corrected chi connectivity index (χ0v) is 35.5. The van der Waals surface area contributed by atoms with Crippen LogP contribution < -0.4 is 32.7 Å². The summed E-state index contributed by atoms with van der Waals surface area (Å²) in [6.07, 6.45) is 7.02. The number of carbonyl (C=O) groups is 7. The maximum Gasteiger partial charge on any atom is 0.327 e. The molecule has 1 fully saturated rings. The van der Waals surface area contributed by atoms with Gasteiger partial charge in [-0.05, 0) is 51.5 Å². The van der Waals surface area contributed by atoms with Crippen molar-refractivity contribution in [3.8, 4) is 0 Å². The van der Waals surface area contributed by atoms with Gasteiger partial charge >= 0.3 is 11.9 Å². The van der Waals surface area contributed by atoms with E-state index in [2.05, 4.69) is 26.3 Å². The van der Waals surface area contributed by atoms with Crippen LogP contribution in [0.4, 0.5) is 0 Å². The first-order valence-electron chi connectivity index (χ1n) is 19.9. The molecule has 0 spiro atoms. The first kappa shape index (κ1) is 50.1. The number of likely N-dealkylation sites (N-methyl/N-ethyl adjacent to an activating group) is 1. The second-order valence-electron chi connectivity index (χ2n) is 14.9. The number of carboxylic acids is 2. The predicted molar refractivity (Wildman–Crippen MR) is 225 cm³/mol. The molecule has 1 saturated heterocycles. The van der Waals surface area contributed by atoms with E-state index in [1.165, 1.54) is 33.9 Å². The Balaban J connectivity index is 2.63. The molecule has 60 heavy (non-hydrogen) atoms. The topological polar surface area (TPSA) is 285 Å². The van der Waals surface area contributed by atoms with Crippen LogP contribution in [0.1, 0.15) is 72.3 Å². The SMILES string of the molecule is C/C=C1\C(=O)NC(C(=O)O)[C@H](C)C(=O)NC(CCCCN=C(N)N)C(=O)NC(/C=C/C(C)=C/[C@H](C)[C@H](Cc2ccccc2)OC)[C@H](C)C(=O)N[C@@H](C(=O)O)CCC(=O)N1C. The molecular formula is C42H62N8O10. The van der Waals surface area contributed by atoms with Crippen molar-refractivity contribution < 1.29 is 48.5 Å². The third-order valence-corrected chi connectivity index (χ3v) is 10.3. The number of ether oxygens (including phenoxy) is 1. The lowest BCUT2D eigenvalue weighted by molar-refractivity contribution is -0.146. The molecule has 0 bridgehead atoms. The lowest BCUT2D eigenvalue weighted by Crippen LogP contribution is -2.56. The fraction of sp³-hybridized carbons (Fsp3) is 0.524. The Hall–Kier alpha value is -6.04. The molecule has 18 nitrogen and oxygen atoms in total. The lowest BCUT2D eigenvalue weighted by Gasteiger charge is -2.28. The molecule has 18 heteroatoms. The summed E-state index contributed by atoms with van der Waals surface area (Å²) < 4.78 is 5.80. The van der Waals surface area contributed by atoms with E-state index in [9.17, 15) is 43.8 Å². The van der Waals surface area contributed by atoms with Crippen molar-refractivity contribution in [2.45, 2.75) is 103 Å². The summed E-state index contributed by atoms with van der Waals surface area (Å²) in [6, 6.07) is 4.21. The number of aliphatic imine (C=N–C) groups is 1. The van der Waals surface area contributed by atoms with Crippen LogP contribution in [0.5, 0.6) is 0 Å². The summed E-state index contributed by atoms with van der Waals surface area (Å²) in [5.74, 6) is -9.73. The minimum absolute atomic E-state index is 0.0401. The number of allylic oxidation sites excluding steroid dienone is 3. The van der Waals surface area contributed by atoms with Crippen LogP contribution in [0.3, 0.4) is 0 Å². The molecule has 1 aliphatic heterocycles. The quantitative estimate of drug-likeness (QED) is 0.0434. The Morgan fingerprint density at radius 2 is 1.60 bits per heavy atom. The number of aliphatic carboxylic acids is 2. The zero-order valence-electron chi connectivity index (χ0n) is 35.5. The number of guanidine groups is 1. The minimum Gasteiger partial charge on any atom is -0.480 e. The Morgan fingerprint density at radius 1 is 0.950 bits per heavy atom. The number of methoxy groups -OCH3 is 1. The summed E-state index contributed by atoms with van der Waals surface area (Å²) in [4.78, 5) is 97.8. The van der Waals surface area contributed by atoms with Gasteiger partial charge in [0, 0.05) is 33.0 Å². The highest BCUT2D eigenvalue weighted by atomic mass is 16.5. The van der Waals surface area contributed by atoms with Crippen molar-refractivity contribution in [1.82, 2.24) is 26.2 Å². The number of nitrogens with two attached hydrogens (primary N) is 2. The second-order valence-corrected chi connectivity index (χ2v) is 14.9. The second kappa shape index (κ2) is 24.8. The molecule has 330 valence electrons. The van der Waals surface area contributed by atoms with Crippen LogP contribution in [-0.4, -0.2) is 114 Å². The molecule has 1 heterocycles. The molecule has 1 aliphatic rings. The van der Waals surface area contributed by atoms with E-state index < -0.39 is 83.9 Å². The van der Waals surface area contributed by atoms with Crippen LogP contribution in [-0.2, 0) is 44.7 Å². The van der Waals surface area contributed by atoms with E-state index in [1.54, 1.807) is 19.3 Å². The van der Waals surface area contributed by atoms with Crippen molar-refractivity contribution in [3.63, 3.8) is 0 Å². The van der Waals surface area contributed by atoms with Crippen LogP contribution in [0, 0.1) is 17.8 Å². The molecule has 3 unspecified atom stereocenters. The van der Waals surface area contributed by atoms with E-state index in [1.807, 2.05) is 50.3 Å². The summed E-state index contributed by atoms with van der Waals surface area (Å²) >= 11 is 0. The standard InChI is InChI=1S/C42H62N8O10/c1-8-32-39(55)49-35(41(58)59)27(5)37(53)47-30(16-12-13-21-45-42(43)44)38(54)46-29(26(4)36(52)48-31(40(56)57)19-20-34(51)50(32)6)18-17-24(2)22-25(3)33(60-7)23-28-14-10-9-11-15-28/h8-11,14-15,17-18,22,25-27,29-31,33,35H,12-13,16,19-21,23H2,1-7H3,(H,46,54)(H,47,53)(H,48,52)(H,49,55)(H,56,57)(H,58,59)(H4,43,44,45)/b18-17+,24-22+,32-8+/t25-,26-,27-,29?,30?,31+,33-,35?/m0/s1. The summed E-state index contributed by atoms with van der Waals surface area (Å²) in [7, 11) is 2.89. The van der Waals surface area contributed by atoms with Crippen molar-refractivity contribution in [2.24, 2.45) is 34.2 Å². The van der Waals surface area contributed by atoms with Gasteiger partial charge in [0.25, 0.3) is 5.91 Å². The van der Waals surface area contributed by atoms with Crippen molar-refractivity contribution >= 4 is 47.4 Å². The van der Waals surface area contributed by atoms with Gasteiger partial charge < -0.3 is 52.6 Å². The minimum atomic E-state index is -1.79. The Bertz CT molecular complexity index is 1790. The number of nitrogens with zero attached hydrogens (tertiary/aromatic N) is 2. The first-order valence-corrected chi connectivity index (χ1v) is 19.9. The van der Waals surface area contributed by atoms with Gasteiger partial charge in [0.05, 0.1) is 24.0 Å². The highest BCUT2D eigenvalue weighted by molar-refractivity contribution is 6.00. The van der Waals surface area contributed by atoms with Gasteiger partial charge in [-0.25, -0.2) is 9.59 Å². The first-order chi connectivity index (χ1) is 28.3. The van der Waals surface area contributed by atoms with Crippen molar-refractivity contribution in [1.29, 1.82) is 0 Å². The number of rotatable bonds is 14. The average Bonchev–Trinajstić information content (AvgIpc) is 3.20. The van der Waals surface area contributed by atoms with Gasteiger partial charge in [-0.3, -0.25) is 29.0 Å². The molecular weight excluding hydrogens is 777 g/mol. The zero-order chi connectivity index (χ0) is 45.1. The number of hydrogen-bond acceptors (Lipinski definition) is 9. The van der Waals surface area contributed by atoms with Gasteiger partial charge in [0.1, 0.15) is 23.8 Å². The molecule has 0 radical (unpaired) electrons. The molecule has 0 saturated carbocycles. The summed E-state index contributed by atoms with van der Waals surface area (Å²) in [6.45, 7) is 8.26. The van der Waals surface area contributed by atoms with Gasteiger partial charge in [-0.2, -0.15) is 0 Å². The number of carbonyl (C=O) groups excluding carboxylic acids is 5. The van der Waals surface area contributed by atoms with E-state index in [0.29, 0.717) is 19.3 Å². The van der Waals surface area contributed by atoms with Crippen LogP contribution in [0.25, 0.3) is 0 Å². The third-order valence-electron chi connectivity index (χ3n) is 10.3. The third kappa shape index (κ3) is 16.0. The van der Waals surface area contributed by atoms with E-state index >= 15 is 0 Å². The fourth-order valence-electron chi connectivity index (χ4n) is 6.55. The summed E-state index contributed by atoms with van der Waals surface area (Å²) in [5, 5.41) is 30.3. The number of nitrogens with one attached hydrogen (secondary N) is 4. The Morgan fingerprint density at radius 3 is 2.18 bits per heavy atom. The predicted octanol–water partition coefficient (Wildman–Crippen LogP) is 1.36. The monoisotopic (exact) mass is 838 g/mol. The van der Waals surface area contributed by atoms with Crippen LogP contribution >= 0.6 is 0 Å².